The zero-order chi connectivity index (χ0) is 13.5. The standard InChI is InChI=1S/C14H16N4OS/c1-19-12-5-3-2-4-10(12)11-8-20-14-16-15-13(9-6-7-9)18(14)17-11/h2-5,9,11,17H,6-8H2,1H3. The highest BCUT2D eigenvalue weighted by Gasteiger charge is 2.33. The fourth-order valence-corrected chi connectivity index (χ4v) is 3.51. The van der Waals surface area contributed by atoms with Crippen LogP contribution in [-0.4, -0.2) is 27.7 Å². The monoisotopic (exact) mass is 288 g/mol. The van der Waals surface area contributed by atoms with Crippen LogP contribution < -0.4 is 10.2 Å². The van der Waals surface area contributed by atoms with Crippen molar-refractivity contribution in [2.75, 3.05) is 18.3 Å². The first-order valence-electron chi connectivity index (χ1n) is 6.84. The summed E-state index contributed by atoms with van der Waals surface area (Å²) < 4.78 is 7.54. The molecule has 0 amide bonds. The molecule has 2 aromatic rings. The Labute approximate surface area is 121 Å². The molecule has 0 saturated heterocycles. The van der Waals surface area contributed by atoms with E-state index in [4.69, 9.17) is 4.74 Å². The van der Waals surface area contributed by atoms with Crippen molar-refractivity contribution >= 4 is 11.8 Å². The summed E-state index contributed by atoms with van der Waals surface area (Å²) >= 11 is 1.75. The van der Waals surface area contributed by atoms with Crippen molar-refractivity contribution in [3.8, 4) is 5.75 Å². The van der Waals surface area contributed by atoms with Gasteiger partial charge >= 0.3 is 0 Å². The van der Waals surface area contributed by atoms with Gasteiger partial charge in [0.2, 0.25) is 5.16 Å². The molecule has 1 aliphatic heterocycles. The summed E-state index contributed by atoms with van der Waals surface area (Å²) in [4.78, 5) is 0. The van der Waals surface area contributed by atoms with E-state index in [2.05, 4.69) is 26.4 Å². The van der Waals surface area contributed by atoms with Crippen LogP contribution in [0.2, 0.25) is 0 Å². The molecule has 1 N–H and O–H groups in total. The van der Waals surface area contributed by atoms with Crippen LogP contribution in [0, 0.1) is 0 Å². The molecule has 1 unspecified atom stereocenters. The summed E-state index contributed by atoms with van der Waals surface area (Å²) in [5.74, 6) is 3.52. The van der Waals surface area contributed by atoms with E-state index >= 15 is 0 Å². The van der Waals surface area contributed by atoms with Crippen LogP contribution in [0.15, 0.2) is 29.4 Å². The number of fused-ring (bicyclic) bond motifs is 1. The smallest absolute Gasteiger partial charge is 0.210 e. The Hall–Kier alpha value is -1.69. The van der Waals surface area contributed by atoms with Crippen LogP contribution >= 0.6 is 11.8 Å². The van der Waals surface area contributed by atoms with Gasteiger partial charge in [-0.2, -0.15) is 0 Å². The highest BCUT2D eigenvalue weighted by molar-refractivity contribution is 7.99. The average molecular weight is 288 g/mol. The first-order valence-corrected chi connectivity index (χ1v) is 7.83. The van der Waals surface area contributed by atoms with Crippen LogP contribution in [0.1, 0.15) is 36.2 Å². The highest BCUT2D eigenvalue weighted by atomic mass is 32.2. The van der Waals surface area contributed by atoms with E-state index < -0.39 is 0 Å². The molecular formula is C14H16N4OS. The Morgan fingerprint density at radius 1 is 1.30 bits per heavy atom. The molecule has 20 heavy (non-hydrogen) atoms. The molecule has 5 nitrogen and oxygen atoms in total. The van der Waals surface area contributed by atoms with Crippen molar-refractivity contribution in [2.24, 2.45) is 0 Å². The van der Waals surface area contributed by atoms with E-state index in [9.17, 15) is 0 Å². The van der Waals surface area contributed by atoms with E-state index in [1.165, 1.54) is 18.4 Å². The van der Waals surface area contributed by atoms with Crippen molar-refractivity contribution < 1.29 is 4.74 Å². The van der Waals surface area contributed by atoms with E-state index in [0.29, 0.717) is 5.92 Å². The normalized spacial score (nSPS) is 21.1. The van der Waals surface area contributed by atoms with Gasteiger partial charge in [0.1, 0.15) is 5.75 Å². The lowest BCUT2D eigenvalue weighted by Crippen LogP contribution is -2.29. The summed E-state index contributed by atoms with van der Waals surface area (Å²) in [5.41, 5.74) is 4.73. The van der Waals surface area contributed by atoms with Gasteiger partial charge in [0.05, 0.1) is 13.2 Å². The zero-order valence-corrected chi connectivity index (χ0v) is 12.1. The average Bonchev–Trinajstić information content (AvgIpc) is 3.26. The second-order valence-corrected chi connectivity index (χ2v) is 6.17. The number of ether oxygens (including phenoxy) is 1. The molecule has 1 aromatic heterocycles. The van der Waals surface area contributed by atoms with Gasteiger partial charge in [0.25, 0.3) is 0 Å². The third-order valence-electron chi connectivity index (χ3n) is 3.78. The second-order valence-electron chi connectivity index (χ2n) is 5.19. The lowest BCUT2D eigenvalue weighted by atomic mass is 10.1. The topological polar surface area (TPSA) is 52.0 Å². The summed E-state index contributed by atoms with van der Waals surface area (Å²) in [6, 6.07) is 8.39. The summed E-state index contributed by atoms with van der Waals surface area (Å²) in [6.07, 6.45) is 2.45. The largest absolute Gasteiger partial charge is 0.496 e. The number of methoxy groups -OCH3 is 1. The van der Waals surface area contributed by atoms with Gasteiger partial charge in [0.15, 0.2) is 5.82 Å². The van der Waals surface area contributed by atoms with Gasteiger partial charge in [-0.25, -0.2) is 4.68 Å². The Bertz CT molecular complexity index is 638. The third kappa shape index (κ3) is 1.95. The first-order chi connectivity index (χ1) is 9.86. The number of benzene rings is 1. The molecule has 1 aliphatic carbocycles. The molecule has 6 heteroatoms. The van der Waals surface area contributed by atoms with Gasteiger partial charge in [-0.15, -0.1) is 10.2 Å². The summed E-state index contributed by atoms with van der Waals surface area (Å²) in [5, 5.41) is 9.57. The Morgan fingerprint density at radius 2 is 2.15 bits per heavy atom. The molecule has 104 valence electrons. The number of hydrogen-bond acceptors (Lipinski definition) is 5. The number of hydrogen-bond donors (Lipinski definition) is 1. The van der Waals surface area contributed by atoms with Crippen LogP contribution in [0.4, 0.5) is 0 Å². The lowest BCUT2D eigenvalue weighted by molar-refractivity contribution is 0.406. The van der Waals surface area contributed by atoms with E-state index in [1.807, 2.05) is 18.2 Å². The highest BCUT2D eigenvalue weighted by Crippen LogP contribution is 2.42. The maximum absolute atomic E-state index is 5.47. The van der Waals surface area contributed by atoms with Gasteiger partial charge in [-0.05, 0) is 18.9 Å². The van der Waals surface area contributed by atoms with Crippen molar-refractivity contribution in [1.29, 1.82) is 0 Å². The molecule has 0 radical (unpaired) electrons. The number of rotatable bonds is 3. The van der Waals surface area contributed by atoms with E-state index in [-0.39, 0.29) is 6.04 Å². The van der Waals surface area contributed by atoms with Gasteiger partial charge < -0.3 is 10.2 Å². The van der Waals surface area contributed by atoms with Crippen molar-refractivity contribution in [3.05, 3.63) is 35.7 Å². The fourth-order valence-electron chi connectivity index (χ4n) is 2.57. The van der Waals surface area contributed by atoms with Gasteiger partial charge in [-0.1, -0.05) is 30.0 Å². The molecule has 2 heterocycles. The van der Waals surface area contributed by atoms with Gasteiger partial charge in [0, 0.05) is 17.2 Å². The molecule has 1 fully saturated rings. The second kappa shape index (κ2) is 4.70. The maximum Gasteiger partial charge on any atom is 0.210 e. The Balaban J connectivity index is 1.67. The molecule has 1 saturated carbocycles. The molecular weight excluding hydrogens is 272 g/mol. The van der Waals surface area contributed by atoms with Crippen LogP contribution in [0.25, 0.3) is 0 Å². The number of nitrogens with zero attached hydrogens (tertiary/aromatic N) is 3. The van der Waals surface area contributed by atoms with E-state index in [1.54, 1.807) is 18.9 Å². The molecule has 2 aliphatic rings. The van der Waals surface area contributed by atoms with Crippen molar-refractivity contribution in [3.63, 3.8) is 0 Å². The Morgan fingerprint density at radius 3 is 2.95 bits per heavy atom. The number of aromatic nitrogens is 3. The predicted octanol–water partition coefficient (Wildman–Crippen LogP) is 2.55. The van der Waals surface area contributed by atoms with E-state index in [0.717, 1.165) is 22.5 Å². The first kappa shape index (κ1) is 12.1. The minimum Gasteiger partial charge on any atom is -0.496 e. The quantitative estimate of drug-likeness (QED) is 0.940. The summed E-state index contributed by atoms with van der Waals surface area (Å²) in [7, 11) is 1.72. The van der Waals surface area contributed by atoms with Crippen molar-refractivity contribution in [2.45, 2.75) is 30.0 Å². The molecule has 0 bridgehead atoms. The summed E-state index contributed by atoms with van der Waals surface area (Å²) in [6.45, 7) is 0. The molecule has 1 atom stereocenters. The number of thioether (sulfide) groups is 1. The number of nitrogens with one attached hydrogen (secondary N) is 1. The molecule has 1 aromatic carbocycles. The van der Waals surface area contributed by atoms with Gasteiger partial charge in [-0.3, -0.25) is 0 Å². The number of para-hydroxylation sites is 1. The Kier molecular flexibility index (Phi) is 2.84. The zero-order valence-electron chi connectivity index (χ0n) is 11.2. The fraction of sp³-hybridized carbons (Fsp3) is 0.429. The predicted molar refractivity (Wildman–Crippen MR) is 77.8 cm³/mol. The lowest BCUT2D eigenvalue weighted by Gasteiger charge is -2.27. The van der Waals surface area contributed by atoms with Crippen LogP contribution in [0.5, 0.6) is 5.75 Å². The van der Waals surface area contributed by atoms with Crippen LogP contribution in [-0.2, 0) is 0 Å². The van der Waals surface area contributed by atoms with Crippen LogP contribution in [0.3, 0.4) is 0 Å². The SMILES string of the molecule is COc1ccccc1C1CSc2nnc(C3CC3)n2N1. The minimum atomic E-state index is 0.220. The minimum absolute atomic E-state index is 0.220. The molecule has 0 spiro atoms. The van der Waals surface area contributed by atoms with Crippen molar-refractivity contribution in [1.82, 2.24) is 14.9 Å². The third-order valence-corrected chi connectivity index (χ3v) is 4.80. The molecule has 4 rings (SSSR count). The maximum atomic E-state index is 5.47.